The maximum atomic E-state index is 12.8. The Balaban J connectivity index is 2.42. The van der Waals surface area contributed by atoms with E-state index in [4.69, 9.17) is 18.5 Å². The number of hydrogen-bond acceptors (Lipinski definition) is 13. The number of anilines is 1. The molecule has 1 aromatic carbocycles. The van der Waals surface area contributed by atoms with Crippen molar-refractivity contribution in [2.45, 2.75) is 225 Å². The third-order valence-electron chi connectivity index (χ3n) is 11.6. The van der Waals surface area contributed by atoms with Crippen LogP contribution in [-0.2, 0) is 37.5 Å². The summed E-state index contributed by atoms with van der Waals surface area (Å²) in [6, 6.07) is 3.37. The molecule has 0 aliphatic rings. The third-order valence-corrected chi connectivity index (χ3v) is 12.6. The lowest BCUT2D eigenvalue weighted by atomic mass is 10.0. The van der Waals surface area contributed by atoms with Gasteiger partial charge in [0.05, 0.1) is 29.1 Å². The minimum absolute atomic E-state index is 0.0769. The molecular formula is C49H87N4O13P. The Morgan fingerprint density at radius 2 is 1.06 bits per heavy atom. The second-order valence-corrected chi connectivity index (χ2v) is 19.1. The summed E-state index contributed by atoms with van der Waals surface area (Å²) in [7, 11) is -4.63. The van der Waals surface area contributed by atoms with E-state index < -0.39 is 48.0 Å². The number of hydrogen-bond donors (Lipinski definition) is 3. The summed E-state index contributed by atoms with van der Waals surface area (Å²) in [6.45, 7) is 3.53. The van der Waals surface area contributed by atoms with Crippen LogP contribution >= 0.6 is 7.82 Å². The number of nitro benzene ring substituents is 2. The average Bonchev–Trinajstić information content (AvgIpc) is 3.30. The van der Waals surface area contributed by atoms with Crippen LogP contribution in [0, 0.1) is 20.2 Å². The van der Waals surface area contributed by atoms with Gasteiger partial charge in [0.15, 0.2) is 6.10 Å². The Morgan fingerprint density at radius 3 is 1.55 bits per heavy atom. The van der Waals surface area contributed by atoms with Gasteiger partial charge in [-0.2, -0.15) is 0 Å². The van der Waals surface area contributed by atoms with Crippen molar-refractivity contribution in [1.29, 1.82) is 0 Å². The van der Waals surface area contributed by atoms with Crippen molar-refractivity contribution in [3.05, 3.63) is 38.4 Å². The van der Waals surface area contributed by atoms with Crippen LogP contribution in [0.4, 0.5) is 17.1 Å². The van der Waals surface area contributed by atoms with Crippen molar-refractivity contribution in [2.75, 3.05) is 38.2 Å². The van der Waals surface area contributed by atoms with Crippen LogP contribution in [0.3, 0.4) is 0 Å². The van der Waals surface area contributed by atoms with E-state index in [1.807, 2.05) is 0 Å². The Labute approximate surface area is 401 Å². The van der Waals surface area contributed by atoms with Gasteiger partial charge < -0.3 is 25.0 Å². The Bertz CT molecular complexity index is 1540. The molecule has 0 spiro atoms. The molecule has 0 fully saturated rings. The zero-order valence-corrected chi connectivity index (χ0v) is 42.1. The van der Waals surface area contributed by atoms with Gasteiger partial charge in [-0.05, 0) is 31.7 Å². The Morgan fingerprint density at radius 1 is 0.597 bits per heavy atom. The van der Waals surface area contributed by atoms with Crippen LogP contribution in [0.5, 0.6) is 0 Å². The zero-order chi connectivity index (χ0) is 49.2. The van der Waals surface area contributed by atoms with E-state index in [1.54, 1.807) is 0 Å². The highest BCUT2D eigenvalue weighted by Gasteiger charge is 2.26. The minimum Gasteiger partial charge on any atom is -0.462 e. The Hall–Kier alpha value is -3.66. The molecule has 0 saturated heterocycles. The number of ether oxygens (including phenoxy) is 2. The van der Waals surface area contributed by atoms with E-state index in [0.29, 0.717) is 38.6 Å². The molecule has 386 valence electrons. The van der Waals surface area contributed by atoms with E-state index in [0.717, 1.165) is 44.6 Å². The first-order valence-electron chi connectivity index (χ1n) is 25.8. The molecule has 1 unspecified atom stereocenters. The standard InChI is InChI=1S/C49H87N4O13P/c1-3-5-7-9-11-13-15-17-19-21-23-25-29-33-48(55)63-41-44(66-49(56)34-30-26-24-22-20-18-16-14-12-10-8-6-4-2)42-65-67(61,62)64-39-38-51-47(54)32-28-27-31-37-50-45-36-35-43(52(57)58)40-46(45)53(59)60/h35-36,40,44,50H,3-34,37-39,41-42H2,1-2H3,(H,51,54)(H,61,62)/t44-/m1/s1. The maximum absolute atomic E-state index is 12.8. The van der Waals surface area contributed by atoms with Gasteiger partial charge in [-0.15, -0.1) is 0 Å². The van der Waals surface area contributed by atoms with Gasteiger partial charge in [0.2, 0.25) is 5.91 Å². The van der Waals surface area contributed by atoms with Crippen LogP contribution < -0.4 is 10.6 Å². The second-order valence-electron chi connectivity index (χ2n) is 17.7. The number of carbonyl (C=O) groups is 3. The summed E-state index contributed by atoms with van der Waals surface area (Å²) in [5.41, 5.74) is -0.619. The van der Waals surface area contributed by atoms with Crippen molar-refractivity contribution in [1.82, 2.24) is 5.32 Å². The second kappa shape index (κ2) is 41.3. The number of carbonyl (C=O) groups excluding carboxylic acids is 3. The summed E-state index contributed by atoms with van der Waals surface area (Å²) in [4.78, 5) is 68.9. The molecule has 0 aliphatic heterocycles. The lowest BCUT2D eigenvalue weighted by Gasteiger charge is -2.20. The highest BCUT2D eigenvalue weighted by atomic mass is 31.2. The third kappa shape index (κ3) is 36.1. The van der Waals surface area contributed by atoms with Crippen molar-refractivity contribution < 1.29 is 52.2 Å². The van der Waals surface area contributed by atoms with Crippen molar-refractivity contribution in [2.24, 2.45) is 0 Å². The predicted molar refractivity (Wildman–Crippen MR) is 263 cm³/mol. The number of phosphoric acid groups is 1. The van der Waals surface area contributed by atoms with Gasteiger partial charge in [0.25, 0.3) is 11.4 Å². The number of esters is 2. The first-order chi connectivity index (χ1) is 32.4. The molecule has 1 aromatic rings. The first kappa shape index (κ1) is 61.4. The molecular weight excluding hydrogens is 884 g/mol. The van der Waals surface area contributed by atoms with Gasteiger partial charge in [-0.1, -0.05) is 174 Å². The molecule has 0 aromatic heterocycles. The summed E-state index contributed by atoms with van der Waals surface area (Å²) in [6.07, 6.45) is 31.8. The monoisotopic (exact) mass is 971 g/mol. The molecule has 0 bridgehead atoms. The smallest absolute Gasteiger partial charge is 0.462 e. The lowest BCUT2D eigenvalue weighted by Crippen LogP contribution is -2.30. The Kier molecular flexibility index (Phi) is 37.8. The van der Waals surface area contributed by atoms with E-state index in [-0.39, 0.29) is 56.3 Å². The molecule has 0 heterocycles. The molecule has 3 N–H and O–H groups in total. The van der Waals surface area contributed by atoms with Crippen LogP contribution in [0.15, 0.2) is 18.2 Å². The largest absolute Gasteiger partial charge is 0.472 e. The van der Waals surface area contributed by atoms with E-state index >= 15 is 0 Å². The number of nitrogens with one attached hydrogen (secondary N) is 2. The minimum atomic E-state index is -4.63. The van der Waals surface area contributed by atoms with Crippen LogP contribution in [0.2, 0.25) is 0 Å². The fourth-order valence-electron chi connectivity index (χ4n) is 7.59. The average molecular weight is 971 g/mol. The summed E-state index contributed by atoms with van der Waals surface area (Å²) in [5, 5.41) is 27.8. The number of amides is 1. The zero-order valence-electron chi connectivity index (χ0n) is 41.2. The molecule has 2 atom stereocenters. The summed E-state index contributed by atoms with van der Waals surface area (Å²) >= 11 is 0. The predicted octanol–water partition coefficient (Wildman–Crippen LogP) is 13.1. The number of phosphoric ester groups is 1. The summed E-state index contributed by atoms with van der Waals surface area (Å²) < 4.78 is 33.8. The molecule has 0 radical (unpaired) electrons. The molecule has 1 rings (SSSR count). The van der Waals surface area contributed by atoms with Crippen LogP contribution in [-0.4, -0.2) is 71.6 Å². The number of unbranched alkanes of at least 4 members (excludes halogenated alkanes) is 26. The number of non-ortho nitro benzene ring substituents is 1. The van der Waals surface area contributed by atoms with E-state index in [9.17, 15) is 44.1 Å². The SMILES string of the molecule is CCCCCCCCCCCCCCCC(=O)OC[C@H](COP(=O)(O)OCCNC(=O)CCCCCNc1ccc([N+](=O)[O-])cc1[N+](=O)[O-])OC(=O)CCCCCCCCCCCCCCC. The van der Waals surface area contributed by atoms with Gasteiger partial charge >= 0.3 is 19.8 Å². The highest BCUT2D eigenvalue weighted by molar-refractivity contribution is 7.47. The maximum Gasteiger partial charge on any atom is 0.472 e. The van der Waals surface area contributed by atoms with E-state index in [1.165, 1.54) is 128 Å². The quantitative estimate of drug-likeness (QED) is 0.0181. The fraction of sp³-hybridized carbons (Fsp3) is 0.816. The first-order valence-corrected chi connectivity index (χ1v) is 27.3. The van der Waals surface area contributed by atoms with Gasteiger partial charge in [-0.25, -0.2) is 4.57 Å². The normalized spacial score (nSPS) is 12.6. The highest BCUT2D eigenvalue weighted by Crippen LogP contribution is 2.43. The van der Waals surface area contributed by atoms with E-state index in [2.05, 4.69) is 24.5 Å². The fourth-order valence-corrected chi connectivity index (χ4v) is 8.34. The molecule has 0 aliphatic carbocycles. The lowest BCUT2D eigenvalue weighted by molar-refractivity contribution is -0.393. The molecule has 18 heteroatoms. The molecule has 17 nitrogen and oxygen atoms in total. The van der Waals surface area contributed by atoms with Crippen molar-refractivity contribution >= 4 is 42.7 Å². The number of rotatable bonds is 47. The van der Waals surface area contributed by atoms with Crippen molar-refractivity contribution in [3.63, 3.8) is 0 Å². The van der Waals surface area contributed by atoms with Gasteiger partial charge in [-0.3, -0.25) is 43.7 Å². The summed E-state index contributed by atoms with van der Waals surface area (Å²) in [5.74, 6) is -1.26. The number of nitro groups is 2. The molecule has 67 heavy (non-hydrogen) atoms. The molecule has 1 amide bonds. The van der Waals surface area contributed by atoms with Crippen LogP contribution in [0.1, 0.15) is 219 Å². The number of nitrogens with zero attached hydrogens (tertiary/aromatic N) is 2. The van der Waals surface area contributed by atoms with Crippen molar-refractivity contribution in [3.8, 4) is 0 Å². The van der Waals surface area contributed by atoms with Gasteiger partial charge in [0, 0.05) is 38.4 Å². The molecule has 0 saturated carbocycles. The number of benzene rings is 1. The van der Waals surface area contributed by atoms with Gasteiger partial charge in [0.1, 0.15) is 12.3 Å². The van der Waals surface area contributed by atoms with Crippen LogP contribution in [0.25, 0.3) is 0 Å². The topological polar surface area (TPSA) is 236 Å².